The van der Waals surface area contributed by atoms with Crippen molar-refractivity contribution in [1.82, 2.24) is 4.98 Å². The highest BCUT2D eigenvalue weighted by Gasteiger charge is 2.10. The maximum absolute atomic E-state index is 13.4. The first-order valence-corrected chi connectivity index (χ1v) is 4.28. The van der Waals surface area contributed by atoms with E-state index in [0.29, 0.717) is 5.52 Å². The Kier molecular flexibility index (Phi) is 2.29. The molecule has 2 aromatic rings. The fourth-order valence-electron chi connectivity index (χ4n) is 1.36. The number of H-pyrrole nitrogens is 1. The molecule has 0 spiro atoms. The molecule has 0 bridgehead atoms. The molecule has 2 N–H and O–H groups in total. The smallest absolute Gasteiger partial charge is 0.341 e. The molecule has 0 fully saturated rings. The maximum atomic E-state index is 13.4. The van der Waals surface area contributed by atoms with Crippen LogP contribution in [0.1, 0.15) is 0 Å². The molecule has 0 unspecified atom stereocenters. The molecule has 1 heterocycles. The number of carbonyl (C=O) groups is 1. The number of nitrogens with one attached hydrogen (secondary N) is 1. The van der Waals surface area contributed by atoms with E-state index >= 15 is 0 Å². The van der Waals surface area contributed by atoms with Gasteiger partial charge in [0.15, 0.2) is 6.61 Å². The van der Waals surface area contributed by atoms with Crippen molar-refractivity contribution < 1.29 is 19.0 Å². The highest BCUT2D eigenvalue weighted by atomic mass is 19.1. The number of hydrogen-bond donors (Lipinski definition) is 2. The molecule has 2 rings (SSSR count). The number of rotatable bonds is 3. The summed E-state index contributed by atoms with van der Waals surface area (Å²) in [6.45, 7) is -0.485. The quantitative estimate of drug-likeness (QED) is 0.809. The van der Waals surface area contributed by atoms with Gasteiger partial charge in [-0.15, -0.1) is 0 Å². The van der Waals surface area contributed by atoms with Crippen LogP contribution in [0.2, 0.25) is 0 Å². The Labute approximate surface area is 84.3 Å². The zero-order chi connectivity index (χ0) is 10.8. The molecule has 0 aliphatic carbocycles. The van der Waals surface area contributed by atoms with Gasteiger partial charge in [-0.3, -0.25) is 0 Å². The van der Waals surface area contributed by atoms with Gasteiger partial charge in [-0.25, -0.2) is 9.18 Å². The van der Waals surface area contributed by atoms with Crippen LogP contribution in [0.4, 0.5) is 4.39 Å². The van der Waals surface area contributed by atoms with Gasteiger partial charge in [0.05, 0.1) is 10.9 Å². The van der Waals surface area contributed by atoms with Crippen LogP contribution in [0.25, 0.3) is 10.9 Å². The van der Waals surface area contributed by atoms with Crippen molar-refractivity contribution in [2.75, 3.05) is 6.61 Å². The SMILES string of the molecule is O=C(O)COc1c[nH]c2cccc(F)c12. The Morgan fingerprint density at radius 1 is 1.53 bits per heavy atom. The Morgan fingerprint density at radius 2 is 2.33 bits per heavy atom. The lowest BCUT2D eigenvalue weighted by molar-refractivity contribution is -0.139. The van der Waals surface area contributed by atoms with Crippen molar-refractivity contribution in [3.05, 3.63) is 30.2 Å². The van der Waals surface area contributed by atoms with Crippen LogP contribution < -0.4 is 4.74 Å². The molecule has 4 nitrogen and oxygen atoms in total. The minimum Gasteiger partial charge on any atom is -0.480 e. The van der Waals surface area contributed by atoms with Gasteiger partial charge in [-0.2, -0.15) is 0 Å². The number of aromatic amines is 1. The zero-order valence-electron chi connectivity index (χ0n) is 7.66. The average Bonchev–Trinajstić information content (AvgIpc) is 2.59. The number of benzene rings is 1. The normalized spacial score (nSPS) is 10.5. The number of aromatic nitrogens is 1. The molecule has 0 saturated heterocycles. The molecule has 0 aliphatic rings. The lowest BCUT2D eigenvalue weighted by Gasteiger charge is -2.00. The molecule has 1 aromatic carbocycles. The number of carboxylic acids is 1. The van der Waals surface area contributed by atoms with Gasteiger partial charge in [-0.05, 0) is 12.1 Å². The lowest BCUT2D eigenvalue weighted by Crippen LogP contribution is -2.09. The van der Waals surface area contributed by atoms with Crippen molar-refractivity contribution in [1.29, 1.82) is 0 Å². The molecule has 78 valence electrons. The van der Waals surface area contributed by atoms with Gasteiger partial charge < -0.3 is 14.8 Å². The van der Waals surface area contributed by atoms with Gasteiger partial charge in [0.25, 0.3) is 0 Å². The van der Waals surface area contributed by atoms with E-state index in [9.17, 15) is 9.18 Å². The van der Waals surface area contributed by atoms with E-state index in [2.05, 4.69) is 4.98 Å². The number of hydrogen-bond acceptors (Lipinski definition) is 2. The van der Waals surface area contributed by atoms with E-state index < -0.39 is 18.4 Å². The summed E-state index contributed by atoms with van der Waals surface area (Å²) in [6, 6.07) is 4.55. The third-order valence-corrected chi connectivity index (χ3v) is 1.97. The molecule has 0 radical (unpaired) electrons. The van der Waals surface area contributed by atoms with Gasteiger partial charge in [0.2, 0.25) is 0 Å². The van der Waals surface area contributed by atoms with Crippen molar-refractivity contribution >= 4 is 16.9 Å². The van der Waals surface area contributed by atoms with Crippen LogP contribution in [0.5, 0.6) is 5.75 Å². The molecule has 0 aliphatic heterocycles. The first-order valence-electron chi connectivity index (χ1n) is 4.28. The third kappa shape index (κ3) is 1.76. The van der Waals surface area contributed by atoms with Crippen molar-refractivity contribution in [2.45, 2.75) is 0 Å². The molecular formula is C10H8FNO3. The topological polar surface area (TPSA) is 62.3 Å². The van der Waals surface area contributed by atoms with Gasteiger partial charge in [0.1, 0.15) is 11.6 Å². The molecule has 0 atom stereocenters. The van der Waals surface area contributed by atoms with E-state index in [1.165, 1.54) is 12.3 Å². The van der Waals surface area contributed by atoms with E-state index in [4.69, 9.17) is 9.84 Å². The molecule has 0 saturated carbocycles. The molecule has 0 amide bonds. The Hall–Kier alpha value is -2.04. The second kappa shape index (κ2) is 3.61. The van der Waals surface area contributed by atoms with Crippen molar-refractivity contribution in [3.8, 4) is 5.75 Å². The summed E-state index contributed by atoms with van der Waals surface area (Å²) in [6.07, 6.45) is 1.44. The Balaban J connectivity index is 2.39. The second-order valence-corrected chi connectivity index (χ2v) is 3.00. The molecule has 1 aromatic heterocycles. The minimum atomic E-state index is -1.10. The lowest BCUT2D eigenvalue weighted by atomic mass is 10.2. The van der Waals surface area contributed by atoms with Gasteiger partial charge in [0, 0.05) is 6.20 Å². The summed E-state index contributed by atoms with van der Waals surface area (Å²) >= 11 is 0. The average molecular weight is 209 g/mol. The van der Waals surface area contributed by atoms with E-state index in [1.54, 1.807) is 12.1 Å². The fourth-order valence-corrected chi connectivity index (χ4v) is 1.36. The number of aliphatic carboxylic acids is 1. The number of ether oxygens (including phenoxy) is 1. The Bertz CT molecular complexity index is 506. The van der Waals surface area contributed by atoms with Crippen LogP contribution >= 0.6 is 0 Å². The summed E-state index contributed by atoms with van der Waals surface area (Å²) in [7, 11) is 0. The summed E-state index contributed by atoms with van der Waals surface area (Å²) < 4.78 is 18.3. The maximum Gasteiger partial charge on any atom is 0.341 e. The highest BCUT2D eigenvalue weighted by Crippen LogP contribution is 2.27. The van der Waals surface area contributed by atoms with E-state index in [-0.39, 0.29) is 11.1 Å². The predicted molar refractivity (Wildman–Crippen MR) is 51.4 cm³/mol. The summed E-state index contributed by atoms with van der Waals surface area (Å²) in [5.41, 5.74) is 0.579. The van der Waals surface area contributed by atoms with Crippen LogP contribution in [0.15, 0.2) is 24.4 Å². The van der Waals surface area contributed by atoms with Crippen LogP contribution in [0.3, 0.4) is 0 Å². The van der Waals surface area contributed by atoms with E-state index in [0.717, 1.165) is 0 Å². The zero-order valence-corrected chi connectivity index (χ0v) is 7.66. The van der Waals surface area contributed by atoms with Crippen LogP contribution in [-0.4, -0.2) is 22.7 Å². The number of carboxylic acid groups (broad SMARTS) is 1. The van der Waals surface area contributed by atoms with Crippen molar-refractivity contribution in [2.24, 2.45) is 0 Å². The monoisotopic (exact) mass is 209 g/mol. The summed E-state index contributed by atoms with van der Waals surface area (Å²) in [5, 5.41) is 8.70. The minimum absolute atomic E-state index is 0.213. The first-order chi connectivity index (χ1) is 7.18. The molecular weight excluding hydrogens is 201 g/mol. The Morgan fingerprint density at radius 3 is 3.07 bits per heavy atom. The third-order valence-electron chi connectivity index (χ3n) is 1.97. The largest absolute Gasteiger partial charge is 0.480 e. The predicted octanol–water partition coefficient (Wildman–Crippen LogP) is 1.77. The van der Waals surface area contributed by atoms with Crippen molar-refractivity contribution in [3.63, 3.8) is 0 Å². The molecule has 5 heteroatoms. The number of fused-ring (bicyclic) bond motifs is 1. The summed E-state index contributed by atoms with van der Waals surface area (Å²) in [5.74, 6) is -1.32. The van der Waals surface area contributed by atoms with Crippen LogP contribution in [0, 0.1) is 5.82 Å². The standard InChI is InChI=1S/C10H8FNO3/c11-6-2-1-3-7-10(6)8(4-12-7)15-5-9(13)14/h1-4,12H,5H2,(H,13,14). The summed E-state index contributed by atoms with van der Waals surface area (Å²) in [4.78, 5) is 13.1. The highest BCUT2D eigenvalue weighted by molar-refractivity contribution is 5.87. The van der Waals surface area contributed by atoms with E-state index in [1.807, 2.05) is 0 Å². The molecule has 15 heavy (non-hydrogen) atoms. The second-order valence-electron chi connectivity index (χ2n) is 3.00. The fraction of sp³-hybridized carbons (Fsp3) is 0.100. The number of halogens is 1. The first kappa shape index (κ1) is 9.51. The van der Waals surface area contributed by atoms with Gasteiger partial charge >= 0.3 is 5.97 Å². The van der Waals surface area contributed by atoms with Crippen LogP contribution in [-0.2, 0) is 4.79 Å². The van der Waals surface area contributed by atoms with Gasteiger partial charge in [-0.1, -0.05) is 6.07 Å².